The second-order valence-electron chi connectivity index (χ2n) is 5.40. The van der Waals surface area contributed by atoms with Gasteiger partial charge in [-0.2, -0.15) is 0 Å². The van der Waals surface area contributed by atoms with Crippen molar-refractivity contribution < 1.29 is 18.9 Å². The van der Waals surface area contributed by atoms with E-state index in [2.05, 4.69) is 10.5 Å². The highest BCUT2D eigenvalue weighted by Crippen LogP contribution is 2.15. The van der Waals surface area contributed by atoms with Crippen LogP contribution in [-0.2, 0) is 14.4 Å². The van der Waals surface area contributed by atoms with E-state index < -0.39 is 5.25 Å². The molecule has 9 heteroatoms. The summed E-state index contributed by atoms with van der Waals surface area (Å²) in [5.74, 6) is 0.677. The van der Waals surface area contributed by atoms with Crippen LogP contribution in [0.3, 0.4) is 0 Å². The van der Waals surface area contributed by atoms with Crippen LogP contribution in [0.25, 0.3) is 0 Å². The Labute approximate surface area is 138 Å². The average Bonchev–Trinajstić information content (AvgIpc) is 2.92. The predicted octanol–water partition coefficient (Wildman–Crippen LogP) is 0.344. The lowest BCUT2D eigenvalue weighted by Crippen LogP contribution is -2.51. The SMILES string of the molecule is Cc1cc(NC(=O)[C@@H](C)SCC(=O)N2CCN(C)C(=O)C2)no1. The molecular formula is C14H20N4O4S. The van der Waals surface area contributed by atoms with Crippen LogP contribution >= 0.6 is 11.8 Å². The molecule has 2 rings (SSSR count). The molecule has 23 heavy (non-hydrogen) atoms. The van der Waals surface area contributed by atoms with Crippen molar-refractivity contribution in [3.8, 4) is 0 Å². The number of amides is 3. The number of aromatic nitrogens is 1. The molecule has 0 radical (unpaired) electrons. The summed E-state index contributed by atoms with van der Waals surface area (Å²) in [6, 6.07) is 1.62. The summed E-state index contributed by atoms with van der Waals surface area (Å²) in [7, 11) is 1.72. The molecule has 126 valence electrons. The molecule has 1 aliphatic rings. The summed E-state index contributed by atoms with van der Waals surface area (Å²) < 4.78 is 4.87. The standard InChI is InChI=1S/C14H20N4O4S/c1-9-6-11(16-22-9)15-14(21)10(2)23-8-13(20)18-5-4-17(3)12(19)7-18/h6,10H,4-5,7-8H2,1-3H3,(H,15,16,21)/t10-/m1/s1. The van der Waals surface area contributed by atoms with Crippen LogP contribution in [0, 0.1) is 6.92 Å². The maximum atomic E-state index is 12.1. The zero-order chi connectivity index (χ0) is 17.0. The molecule has 1 fully saturated rings. The first kappa shape index (κ1) is 17.3. The zero-order valence-corrected chi connectivity index (χ0v) is 14.2. The first-order valence-electron chi connectivity index (χ1n) is 7.24. The van der Waals surface area contributed by atoms with E-state index >= 15 is 0 Å². The molecule has 1 N–H and O–H groups in total. The molecule has 1 atom stereocenters. The number of carbonyl (C=O) groups excluding carboxylic acids is 3. The third kappa shape index (κ3) is 4.72. The molecule has 0 bridgehead atoms. The number of hydrogen-bond donors (Lipinski definition) is 1. The van der Waals surface area contributed by atoms with Crippen molar-refractivity contribution >= 4 is 35.3 Å². The van der Waals surface area contributed by atoms with Gasteiger partial charge >= 0.3 is 0 Å². The molecule has 0 saturated carbocycles. The van der Waals surface area contributed by atoms with Gasteiger partial charge in [0.1, 0.15) is 5.76 Å². The van der Waals surface area contributed by atoms with Gasteiger partial charge in [-0.05, 0) is 13.8 Å². The van der Waals surface area contributed by atoms with Crippen molar-refractivity contribution in [2.24, 2.45) is 0 Å². The summed E-state index contributed by atoms with van der Waals surface area (Å²) in [5, 5.41) is 5.90. The van der Waals surface area contributed by atoms with E-state index in [1.807, 2.05) is 0 Å². The number of rotatable bonds is 5. The zero-order valence-electron chi connectivity index (χ0n) is 13.4. The Hall–Kier alpha value is -2.03. The number of carbonyl (C=O) groups is 3. The van der Waals surface area contributed by atoms with Gasteiger partial charge in [0, 0.05) is 26.2 Å². The Morgan fingerprint density at radius 3 is 2.83 bits per heavy atom. The van der Waals surface area contributed by atoms with Crippen molar-refractivity contribution in [3.63, 3.8) is 0 Å². The summed E-state index contributed by atoms with van der Waals surface area (Å²) >= 11 is 1.23. The van der Waals surface area contributed by atoms with Crippen LogP contribution in [-0.4, -0.2) is 70.4 Å². The summed E-state index contributed by atoms with van der Waals surface area (Å²) in [4.78, 5) is 38.9. The quantitative estimate of drug-likeness (QED) is 0.831. The van der Waals surface area contributed by atoms with Crippen LogP contribution < -0.4 is 5.32 Å². The normalized spacial score (nSPS) is 16.4. The third-order valence-electron chi connectivity index (χ3n) is 3.52. The number of nitrogens with one attached hydrogen (secondary N) is 1. The number of anilines is 1. The van der Waals surface area contributed by atoms with Gasteiger partial charge in [-0.25, -0.2) is 0 Å². The van der Waals surface area contributed by atoms with Crippen molar-refractivity contribution in [1.82, 2.24) is 15.0 Å². The molecule has 1 aromatic rings. The maximum absolute atomic E-state index is 12.1. The second-order valence-corrected chi connectivity index (χ2v) is 6.72. The molecular weight excluding hydrogens is 320 g/mol. The fourth-order valence-corrected chi connectivity index (χ4v) is 2.77. The van der Waals surface area contributed by atoms with Crippen LogP contribution in [0.15, 0.2) is 10.6 Å². The lowest BCUT2D eigenvalue weighted by atomic mass is 10.3. The molecule has 3 amide bonds. The van der Waals surface area contributed by atoms with Gasteiger partial charge in [0.2, 0.25) is 17.7 Å². The van der Waals surface area contributed by atoms with Gasteiger partial charge in [0.25, 0.3) is 0 Å². The maximum Gasteiger partial charge on any atom is 0.241 e. The highest BCUT2D eigenvalue weighted by atomic mass is 32.2. The minimum absolute atomic E-state index is 0.0678. The molecule has 1 aromatic heterocycles. The lowest BCUT2D eigenvalue weighted by molar-refractivity contribution is -0.142. The molecule has 1 aliphatic heterocycles. The molecule has 0 spiro atoms. The Kier molecular flexibility index (Phi) is 5.64. The van der Waals surface area contributed by atoms with Gasteiger partial charge in [-0.1, -0.05) is 5.16 Å². The predicted molar refractivity (Wildman–Crippen MR) is 86.0 cm³/mol. The monoisotopic (exact) mass is 340 g/mol. The number of nitrogens with zero attached hydrogens (tertiary/aromatic N) is 3. The van der Waals surface area contributed by atoms with Crippen LogP contribution in [0.2, 0.25) is 0 Å². The summed E-state index contributed by atoms with van der Waals surface area (Å²) in [6.07, 6.45) is 0. The highest BCUT2D eigenvalue weighted by molar-refractivity contribution is 8.01. The van der Waals surface area contributed by atoms with E-state index in [0.717, 1.165) is 0 Å². The van der Waals surface area contributed by atoms with Gasteiger partial charge in [0.05, 0.1) is 17.5 Å². The van der Waals surface area contributed by atoms with Crippen LogP contribution in [0.1, 0.15) is 12.7 Å². The fourth-order valence-electron chi connectivity index (χ4n) is 1.99. The van der Waals surface area contributed by atoms with Crippen molar-refractivity contribution in [1.29, 1.82) is 0 Å². The minimum Gasteiger partial charge on any atom is -0.360 e. The Morgan fingerprint density at radius 2 is 2.22 bits per heavy atom. The Morgan fingerprint density at radius 1 is 1.48 bits per heavy atom. The lowest BCUT2D eigenvalue weighted by Gasteiger charge is -2.32. The molecule has 0 aliphatic carbocycles. The van der Waals surface area contributed by atoms with Crippen LogP contribution in [0.5, 0.6) is 0 Å². The van der Waals surface area contributed by atoms with E-state index in [0.29, 0.717) is 24.7 Å². The van der Waals surface area contributed by atoms with E-state index in [1.165, 1.54) is 16.7 Å². The van der Waals surface area contributed by atoms with Crippen molar-refractivity contribution in [2.45, 2.75) is 19.1 Å². The topological polar surface area (TPSA) is 95.8 Å². The minimum atomic E-state index is -0.417. The molecule has 8 nitrogen and oxygen atoms in total. The number of likely N-dealkylation sites (N-methyl/N-ethyl adjacent to an activating group) is 1. The van der Waals surface area contributed by atoms with Crippen molar-refractivity contribution in [3.05, 3.63) is 11.8 Å². The van der Waals surface area contributed by atoms with Gasteiger partial charge in [-0.15, -0.1) is 11.8 Å². The summed E-state index contributed by atoms with van der Waals surface area (Å²) in [6.45, 7) is 4.62. The molecule has 1 saturated heterocycles. The first-order valence-corrected chi connectivity index (χ1v) is 8.29. The number of thioether (sulfide) groups is 1. The number of aryl methyl sites for hydroxylation is 1. The summed E-state index contributed by atoms with van der Waals surface area (Å²) in [5.41, 5.74) is 0. The van der Waals surface area contributed by atoms with Gasteiger partial charge < -0.3 is 19.6 Å². The van der Waals surface area contributed by atoms with Crippen LogP contribution in [0.4, 0.5) is 5.82 Å². The van der Waals surface area contributed by atoms with E-state index in [-0.39, 0.29) is 30.0 Å². The van der Waals surface area contributed by atoms with Crippen molar-refractivity contribution in [2.75, 3.05) is 37.8 Å². The van der Waals surface area contributed by atoms with E-state index in [9.17, 15) is 14.4 Å². The number of piperazine rings is 1. The van der Waals surface area contributed by atoms with Gasteiger partial charge in [0.15, 0.2) is 5.82 Å². The van der Waals surface area contributed by atoms with E-state index in [1.54, 1.807) is 31.9 Å². The van der Waals surface area contributed by atoms with Gasteiger partial charge in [-0.3, -0.25) is 14.4 Å². The second kappa shape index (κ2) is 7.49. The smallest absolute Gasteiger partial charge is 0.241 e. The fraction of sp³-hybridized carbons (Fsp3) is 0.571. The first-order chi connectivity index (χ1) is 10.9. The number of hydrogen-bond acceptors (Lipinski definition) is 6. The molecule has 2 heterocycles. The Bertz CT molecular complexity index is 603. The average molecular weight is 340 g/mol. The third-order valence-corrected chi connectivity index (χ3v) is 4.64. The van der Waals surface area contributed by atoms with E-state index in [4.69, 9.17) is 4.52 Å². The largest absolute Gasteiger partial charge is 0.360 e. The highest BCUT2D eigenvalue weighted by Gasteiger charge is 2.25. The molecule has 0 aromatic carbocycles. The Balaban J connectivity index is 1.77. The molecule has 0 unspecified atom stereocenters.